The number of aromatic nitrogens is 1. The summed E-state index contributed by atoms with van der Waals surface area (Å²) in [6.45, 7) is 0.403. The molecule has 0 spiro atoms. The lowest BCUT2D eigenvalue weighted by atomic mass is 10.2. The highest BCUT2D eigenvalue weighted by Crippen LogP contribution is 2.26. The third kappa shape index (κ3) is 3.91. The van der Waals surface area contributed by atoms with Crippen molar-refractivity contribution >= 4 is 17.6 Å². The number of rotatable bonds is 6. The van der Waals surface area contributed by atoms with Crippen molar-refractivity contribution in [2.75, 3.05) is 7.11 Å². The van der Waals surface area contributed by atoms with Crippen LogP contribution in [0.2, 0.25) is 0 Å². The summed E-state index contributed by atoms with van der Waals surface area (Å²) < 4.78 is 10.9. The number of hydrogen-bond donors (Lipinski definition) is 1. The van der Waals surface area contributed by atoms with Crippen molar-refractivity contribution in [3.8, 4) is 22.1 Å². The first-order valence-corrected chi connectivity index (χ1v) is 8.15. The molecule has 3 aromatic rings. The van der Waals surface area contributed by atoms with Crippen LogP contribution in [0.25, 0.3) is 10.6 Å². The van der Waals surface area contributed by atoms with Gasteiger partial charge in [0.05, 0.1) is 19.0 Å². The number of ether oxygens (including phenoxy) is 2. The molecular formula is C18H16N2O3S. The molecule has 1 heterocycles. The van der Waals surface area contributed by atoms with Crippen molar-refractivity contribution in [3.63, 3.8) is 0 Å². The van der Waals surface area contributed by atoms with E-state index in [1.165, 1.54) is 6.21 Å². The van der Waals surface area contributed by atoms with E-state index in [4.69, 9.17) is 14.7 Å². The smallest absolute Gasteiger partial charge is 0.131 e. The van der Waals surface area contributed by atoms with E-state index >= 15 is 0 Å². The van der Waals surface area contributed by atoms with Gasteiger partial charge in [-0.2, -0.15) is 0 Å². The molecule has 3 rings (SSSR count). The van der Waals surface area contributed by atoms with Gasteiger partial charge in [-0.3, -0.25) is 0 Å². The quantitative estimate of drug-likeness (QED) is 0.415. The van der Waals surface area contributed by atoms with Crippen LogP contribution in [0.3, 0.4) is 0 Å². The van der Waals surface area contributed by atoms with Gasteiger partial charge in [0.15, 0.2) is 0 Å². The lowest BCUT2D eigenvalue weighted by Crippen LogP contribution is -1.96. The first-order valence-electron chi connectivity index (χ1n) is 7.27. The SMILES string of the molecule is COc1ccc(-c2nc(COc3ccc(C=NO)cc3)cs2)cc1. The van der Waals surface area contributed by atoms with E-state index in [9.17, 15) is 0 Å². The zero-order chi connectivity index (χ0) is 16.8. The average molecular weight is 340 g/mol. The van der Waals surface area contributed by atoms with Crippen LogP contribution in [0, 0.1) is 0 Å². The van der Waals surface area contributed by atoms with Gasteiger partial charge in [-0.25, -0.2) is 4.98 Å². The number of benzene rings is 2. The summed E-state index contributed by atoms with van der Waals surface area (Å²) >= 11 is 1.58. The molecule has 0 aliphatic carbocycles. The van der Waals surface area contributed by atoms with Gasteiger partial charge < -0.3 is 14.7 Å². The van der Waals surface area contributed by atoms with Gasteiger partial charge in [0.25, 0.3) is 0 Å². The predicted molar refractivity (Wildman–Crippen MR) is 94.3 cm³/mol. The second-order valence-corrected chi connectivity index (χ2v) is 5.83. The number of hydrogen-bond acceptors (Lipinski definition) is 6. The zero-order valence-electron chi connectivity index (χ0n) is 13.0. The van der Waals surface area contributed by atoms with Crippen LogP contribution in [0.5, 0.6) is 11.5 Å². The monoisotopic (exact) mass is 340 g/mol. The maximum atomic E-state index is 8.49. The fourth-order valence-corrected chi connectivity index (χ4v) is 2.92. The third-order valence-corrected chi connectivity index (χ3v) is 4.30. The number of nitrogens with zero attached hydrogens (tertiary/aromatic N) is 2. The normalized spacial score (nSPS) is 10.9. The van der Waals surface area contributed by atoms with Crippen molar-refractivity contribution in [3.05, 3.63) is 65.2 Å². The summed E-state index contributed by atoms with van der Waals surface area (Å²) in [6.07, 6.45) is 1.37. The summed E-state index contributed by atoms with van der Waals surface area (Å²) in [4.78, 5) is 4.60. The van der Waals surface area contributed by atoms with Crippen molar-refractivity contribution in [2.24, 2.45) is 5.16 Å². The van der Waals surface area contributed by atoms with Crippen molar-refractivity contribution in [2.45, 2.75) is 6.61 Å². The van der Waals surface area contributed by atoms with Gasteiger partial charge in [-0.15, -0.1) is 11.3 Å². The first kappa shape index (κ1) is 16.0. The summed E-state index contributed by atoms with van der Waals surface area (Å²) in [5.41, 5.74) is 2.74. The van der Waals surface area contributed by atoms with E-state index in [0.29, 0.717) is 6.61 Å². The molecule has 0 atom stereocenters. The molecule has 2 aromatic carbocycles. The molecule has 24 heavy (non-hydrogen) atoms. The highest BCUT2D eigenvalue weighted by molar-refractivity contribution is 7.13. The molecule has 0 aliphatic heterocycles. The highest BCUT2D eigenvalue weighted by Gasteiger charge is 2.06. The maximum absolute atomic E-state index is 8.49. The van der Waals surface area contributed by atoms with E-state index < -0.39 is 0 Å². The average Bonchev–Trinajstić information content (AvgIpc) is 3.10. The molecule has 1 aromatic heterocycles. The van der Waals surface area contributed by atoms with Crippen molar-refractivity contribution < 1.29 is 14.7 Å². The Kier molecular flexibility index (Phi) is 5.08. The Morgan fingerprint density at radius 1 is 1.08 bits per heavy atom. The standard InChI is InChI=1S/C18H16N2O3S/c1-22-16-8-4-14(5-9-16)18-20-15(12-24-18)11-23-17-6-2-13(3-7-17)10-19-21/h2-10,12,21H,11H2,1H3. The summed E-state index contributed by atoms with van der Waals surface area (Å²) in [6, 6.07) is 15.1. The molecule has 1 N–H and O–H groups in total. The van der Waals surface area contributed by atoms with E-state index in [2.05, 4.69) is 10.1 Å². The van der Waals surface area contributed by atoms with Crippen LogP contribution < -0.4 is 9.47 Å². The molecule has 0 saturated carbocycles. The van der Waals surface area contributed by atoms with Crippen LogP contribution in [0.4, 0.5) is 0 Å². The molecule has 5 nitrogen and oxygen atoms in total. The summed E-state index contributed by atoms with van der Waals surface area (Å²) in [5, 5.41) is 14.4. The topological polar surface area (TPSA) is 63.9 Å². The van der Waals surface area contributed by atoms with Gasteiger partial charge in [-0.05, 0) is 54.1 Å². The lowest BCUT2D eigenvalue weighted by Gasteiger charge is -2.04. The molecule has 0 bridgehead atoms. The molecule has 122 valence electrons. The Bertz CT molecular complexity index is 811. The van der Waals surface area contributed by atoms with Gasteiger partial charge in [-0.1, -0.05) is 5.16 Å². The Balaban J connectivity index is 1.63. The van der Waals surface area contributed by atoms with Crippen molar-refractivity contribution in [1.29, 1.82) is 0 Å². The van der Waals surface area contributed by atoms with Gasteiger partial charge in [0, 0.05) is 10.9 Å². The lowest BCUT2D eigenvalue weighted by molar-refractivity contribution is 0.302. The Morgan fingerprint density at radius 3 is 2.46 bits per heavy atom. The third-order valence-electron chi connectivity index (χ3n) is 3.36. The fourth-order valence-electron chi connectivity index (χ4n) is 2.11. The molecule has 0 unspecified atom stereocenters. The Labute approximate surface area is 143 Å². The second kappa shape index (κ2) is 7.61. The van der Waals surface area contributed by atoms with E-state index in [-0.39, 0.29) is 0 Å². The minimum Gasteiger partial charge on any atom is -0.497 e. The molecule has 6 heteroatoms. The molecule has 0 saturated heterocycles. The van der Waals surface area contributed by atoms with Gasteiger partial charge in [0.2, 0.25) is 0 Å². The summed E-state index contributed by atoms with van der Waals surface area (Å²) in [5.74, 6) is 1.57. The van der Waals surface area contributed by atoms with E-state index in [1.54, 1.807) is 18.4 Å². The molecule has 0 fully saturated rings. The van der Waals surface area contributed by atoms with Crippen LogP contribution in [0.15, 0.2) is 59.1 Å². The van der Waals surface area contributed by atoms with Crippen molar-refractivity contribution in [1.82, 2.24) is 4.98 Å². The summed E-state index contributed by atoms with van der Waals surface area (Å²) in [7, 11) is 1.65. The van der Waals surface area contributed by atoms with Gasteiger partial charge >= 0.3 is 0 Å². The predicted octanol–water partition coefficient (Wildman–Crippen LogP) is 4.21. The Hall–Kier alpha value is -2.86. The van der Waals surface area contributed by atoms with Gasteiger partial charge in [0.1, 0.15) is 23.1 Å². The molecular weight excluding hydrogens is 324 g/mol. The van der Waals surface area contributed by atoms with Crippen LogP contribution in [0.1, 0.15) is 11.3 Å². The van der Waals surface area contributed by atoms with Crippen LogP contribution in [-0.2, 0) is 6.61 Å². The minimum atomic E-state index is 0.403. The van der Waals surface area contributed by atoms with E-state index in [0.717, 1.165) is 33.3 Å². The minimum absolute atomic E-state index is 0.403. The van der Waals surface area contributed by atoms with Crippen LogP contribution >= 0.6 is 11.3 Å². The highest BCUT2D eigenvalue weighted by atomic mass is 32.1. The first-order chi connectivity index (χ1) is 11.8. The zero-order valence-corrected chi connectivity index (χ0v) is 13.9. The fraction of sp³-hybridized carbons (Fsp3) is 0.111. The largest absolute Gasteiger partial charge is 0.497 e. The number of methoxy groups -OCH3 is 1. The second-order valence-electron chi connectivity index (χ2n) is 4.97. The number of thiazole rings is 1. The Morgan fingerprint density at radius 2 is 1.79 bits per heavy atom. The van der Waals surface area contributed by atoms with Crippen LogP contribution in [-0.4, -0.2) is 23.5 Å². The maximum Gasteiger partial charge on any atom is 0.131 e. The van der Waals surface area contributed by atoms with E-state index in [1.807, 2.05) is 53.9 Å². The number of oxime groups is 1. The molecule has 0 radical (unpaired) electrons. The molecule has 0 aliphatic rings. The molecule has 0 amide bonds.